The van der Waals surface area contributed by atoms with Crippen molar-refractivity contribution in [1.29, 1.82) is 0 Å². The quantitative estimate of drug-likeness (QED) is 0.867. The Morgan fingerprint density at radius 1 is 1.25 bits per heavy atom. The number of rotatable bonds is 4. The SMILES string of the molecule is Cc1ccc([C@H](C)N(C)S(=O)(=O)c2cnn(C)c2)cc1. The molecule has 0 fully saturated rings. The first kappa shape index (κ1) is 14.7. The Hall–Kier alpha value is -1.66. The first-order chi connectivity index (χ1) is 9.32. The van der Waals surface area contributed by atoms with E-state index in [2.05, 4.69) is 5.10 Å². The van der Waals surface area contributed by atoms with Crippen molar-refractivity contribution in [3.05, 3.63) is 47.8 Å². The zero-order chi connectivity index (χ0) is 14.9. The fourth-order valence-electron chi connectivity index (χ4n) is 1.96. The molecule has 0 bridgehead atoms. The van der Waals surface area contributed by atoms with Gasteiger partial charge in [0, 0.05) is 26.3 Å². The van der Waals surface area contributed by atoms with Crippen LogP contribution in [0.4, 0.5) is 0 Å². The minimum Gasteiger partial charge on any atom is -0.274 e. The topological polar surface area (TPSA) is 55.2 Å². The molecule has 1 heterocycles. The van der Waals surface area contributed by atoms with Crippen molar-refractivity contribution in [2.75, 3.05) is 7.05 Å². The highest BCUT2D eigenvalue weighted by Crippen LogP contribution is 2.25. The maximum absolute atomic E-state index is 12.5. The highest BCUT2D eigenvalue weighted by molar-refractivity contribution is 7.89. The van der Waals surface area contributed by atoms with E-state index in [4.69, 9.17) is 0 Å². The Labute approximate surface area is 119 Å². The number of sulfonamides is 1. The zero-order valence-electron chi connectivity index (χ0n) is 12.1. The minimum absolute atomic E-state index is 0.210. The molecule has 0 aliphatic rings. The lowest BCUT2D eigenvalue weighted by Crippen LogP contribution is -2.29. The van der Waals surface area contributed by atoms with Crippen molar-refractivity contribution in [2.45, 2.75) is 24.8 Å². The number of aromatic nitrogens is 2. The van der Waals surface area contributed by atoms with Crippen LogP contribution in [0.3, 0.4) is 0 Å². The van der Waals surface area contributed by atoms with Crippen LogP contribution in [0.1, 0.15) is 24.1 Å². The number of hydrogen-bond donors (Lipinski definition) is 0. The summed E-state index contributed by atoms with van der Waals surface area (Å²) in [4.78, 5) is 0.210. The van der Waals surface area contributed by atoms with Gasteiger partial charge >= 0.3 is 0 Å². The monoisotopic (exact) mass is 293 g/mol. The number of nitrogens with zero attached hydrogens (tertiary/aromatic N) is 3. The molecule has 0 spiro atoms. The fourth-order valence-corrected chi connectivity index (χ4v) is 3.30. The van der Waals surface area contributed by atoms with E-state index in [1.807, 2.05) is 38.1 Å². The normalized spacial score (nSPS) is 13.7. The molecule has 0 amide bonds. The molecule has 0 saturated heterocycles. The second kappa shape index (κ2) is 5.38. The molecule has 0 radical (unpaired) electrons. The minimum atomic E-state index is -3.53. The number of hydrogen-bond acceptors (Lipinski definition) is 3. The zero-order valence-corrected chi connectivity index (χ0v) is 12.9. The van der Waals surface area contributed by atoms with E-state index < -0.39 is 10.0 Å². The molecule has 2 aromatic rings. The summed E-state index contributed by atoms with van der Waals surface area (Å²) < 4.78 is 27.9. The molecular formula is C14H19N3O2S. The maximum Gasteiger partial charge on any atom is 0.246 e. The summed E-state index contributed by atoms with van der Waals surface area (Å²) in [5.41, 5.74) is 2.12. The third-order valence-corrected chi connectivity index (χ3v) is 5.34. The van der Waals surface area contributed by atoms with Crippen molar-refractivity contribution in [1.82, 2.24) is 14.1 Å². The van der Waals surface area contributed by atoms with E-state index in [9.17, 15) is 8.42 Å². The molecular weight excluding hydrogens is 274 g/mol. The Balaban J connectivity index is 2.30. The van der Waals surface area contributed by atoms with Gasteiger partial charge in [-0.3, -0.25) is 4.68 Å². The number of benzene rings is 1. The van der Waals surface area contributed by atoms with E-state index in [0.717, 1.165) is 11.1 Å². The summed E-state index contributed by atoms with van der Waals surface area (Å²) in [5.74, 6) is 0. The van der Waals surface area contributed by atoms with Crippen LogP contribution in [-0.4, -0.2) is 29.6 Å². The van der Waals surface area contributed by atoms with Crippen LogP contribution in [0, 0.1) is 6.92 Å². The maximum atomic E-state index is 12.5. The van der Waals surface area contributed by atoms with E-state index in [-0.39, 0.29) is 10.9 Å². The molecule has 1 atom stereocenters. The lowest BCUT2D eigenvalue weighted by molar-refractivity contribution is 0.398. The molecule has 0 unspecified atom stereocenters. The van der Waals surface area contributed by atoms with Gasteiger partial charge in [0.2, 0.25) is 10.0 Å². The molecule has 20 heavy (non-hydrogen) atoms. The fraction of sp³-hybridized carbons (Fsp3) is 0.357. The van der Waals surface area contributed by atoms with Crippen LogP contribution >= 0.6 is 0 Å². The van der Waals surface area contributed by atoms with Crippen molar-refractivity contribution < 1.29 is 8.42 Å². The Morgan fingerprint density at radius 3 is 2.35 bits per heavy atom. The highest BCUT2D eigenvalue weighted by atomic mass is 32.2. The van der Waals surface area contributed by atoms with Crippen molar-refractivity contribution in [2.24, 2.45) is 7.05 Å². The van der Waals surface area contributed by atoms with Gasteiger partial charge < -0.3 is 0 Å². The first-order valence-corrected chi connectivity index (χ1v) is 7.79. The van der Waals surface area contributed by atoms with Gasteiger partial charge in [-0.1, -0.05) is 29.8 Å². The van der Waals surface area contributed by atoms with Gasteiger partial charge in [-0.25, -0.2) is 8.42 Å². The molecule has 0 saturated carbocycles. The Morgan fingerprint density at radius 2 is 1.85 bits per heavy atom. The third-order valence-electron chi connectivity index (χ3n) is 3.46. The van der Waals surface area contributed by atoms with E-state index in [1.54, 1.807) is 14.1 Å². The molecule has 0 aliphatic heterocycles. The van der Waals surface area contributed by atoms with Gasteiger partial charge in [-0.05, 0) is 19.4 Å². The largest absolute Gasteiger partial charge is 0.274 e. The van der Waals surface area contributed by atoms with Gasteiger partial charge in [-0.2, -0.15) is 9.40 Å². The lowest BCUT2D eigenvalue weighted by Gasteiger charge is -2.24. The Bertz CT molecular complexity index is 689. The predicted octanol–water partition coefficient (Wildman–Crippen LogP) is 2.11. The standard InChI is InChI=1S/C14H19N3O2S/c1-11-5-7-13(8-6-11)12(2)17(4)20(18,19)14-9-15-16(3)10-14/h5-10,12H,1-4H3/t12-/m0/s1. The third kappa shape index (κ3) is 2.76. The van der Waals surface area contributed by atoms with Crippen molar-refractivity contribution in [3.63, 3.8) is 0 Å². The van der Waals surface area contributed by atoms with Crippen LogP contribution in [0.2, 0.25) is 0 Å². The molecule has 1 aromatic heterocycles. The summed E-state index contributed by atoms with van der Waals surface area (Å²) >= 11 is 0. The summed E-state index contributed by atoms with van der Waals surface area (Å²) in [5, 5.41) is 3.92. The molecule has 5 nitrogen and oxygen atoms in total. The average molecular weight is 293 g/mol. The smallest absolute Gasteiger partial charge is 0.246 e. The van der Waals surface area contributed by atoms with Gasteiger partial charge in [0.15, 0.2) is 0 Å². The predicted molar refractivity (Wildman–Crippen MR) is 77.8 cm³/mol. The summed E-state index contributed by atoms with van der Waals surface area (Å²) in [6.45, 7) is 3.88. The van der Waals surface area contributed by atoms with Crippen LogP contribution in [-0.2, 0) is 17.1 Å². The highest BCUT2D eigenvalue weighted by Gasteiger charge is 2.27. The van der Waals surface area contributed by atoms with Gasteiger partial charge in [0.25, 0.3) is 0 Å². The van der Waals surface area contributed by atoms with Gasteiger partial charge in [-0.15, -0.1) is 0 Å². The van der Waals surface area contributed by atoms with Crippen LogP contribution in [0.15, 0.2) is 41.6 Å². The first-order valence-electron chi connectivity index (χ1n) is 6.35. The Kier molecular flexibility index (Phi) is 3.96. The van der Waals surface area contributed by atoms with Crippen LogP contribution in [0.5, 0.6) is 0 Å². The summed E-state index contributed by atoms with van der Waals surface area (Å²) in [6, 6.07) is 7.64. The van der Waals surface area contributed by atoms with Crippen molar-refractivity contribution >= 4 is 10.0 Å². The second-order valence-corrected chi connectivity index (χ2v) is 6.96. The molecule has 6 heteroatoms. The van der Waals surface area contributed by atoms with Gasteiger partial charge in [0.05, 0.1) is 6.20 Å². The summed E-state index contributed by atoms with van der Waals surface area (Å²) in [6.07, 6.45) is 2.88. The van der Waals surface area contributed by atoms with Crippen LogP contribution < -0.4 is 0 Å². The molecule has 108 valence electrons. The molecule has 1 aromatic carbocycles. The van der Waals surface area contributed by atoms with Crippen LogP contribution in [0.25, 0.3) is 0 Å². The van der Waals surface area contributed by atoms with Crippen molar-refractivity contribution in [3.8, 4) is 0 Å². The van der Waals surface area contributed by atoms with E-state index in [0.29, 0.717) is 0 Å². The van der Waals surface area contributed by atoms with E-state index >= 15 is 0 Å². The molecule has 0 N–H and O–H groups in total. The average Bonchev–Trinajstić information content (AvgIpc) is 2.85. The second-order valence-electron chi connectivity index (χ2n) is 4.96. The van der Waals surface area contributed by atoms with Gasteiger partial charge in [0.1, 0.15) is 4.90 Å². The lowest BCUT2D eigenvalue weighted by atomic mass is 10.1. The number of aryl methyl sites for hydroxylation is 2. The molecule has 2 rings (SSSR count). The summed E-state index contributed by atoms with van der Waals surface area (Å²) in [7, 11) is -0.239. The molecule has 0 aliphatic carbocycles. The van der Waals surface area contributed by atoms with E-state index in [1.165, 1.54) is 21.4 Å².